The lowest BCUT2D eigenvalue weighted by molar-refractivity contribution is 0.218. The van der Waals surface area contributed by atoms with E-state index >= 15 is 0 Å². The second kappa shape index (κ2) is 3.94. The summed E-state index contributed by atoms with van der Waals surface area (Å²) in [6.45, 7) is 1.62. The summed E-state index contributed by atoms with van der Waals surface area (Å²) in [6, 6.07) is 2.66. The van der Waals surface area contributed by atoms with Crippen LogP contribution in [-0.4, -0.2) is 13.1 Å². The van der Waals surface area contributed by atoms with Gasteiger partial charge < -0.3 is 4.90 Å². The van der Waals surface area contributed by atoms with Crippen molar-refractivity contribution in [2.24, 2.45) is 5.41 Å². The molecule has 2 fully saturated rings. The van der Waals surface area contributed by atoms with Gasteiger partial charge in [0.05, 0.1) is 0 Å². The van der Waals surface area contributed by atoms with Gasteiger partial charge in [-0.2, -0.15) is 0 Å². The number of rotatable bonds is 1. The summed E-state index contributed by atoms with van der Waals surface area (Å²) >= 11 is 3.10. The van der Waals surface area contributed by atoms with Crippen LogP contribution in [0.2, 0.25) is 0 Å². The highest BCUT2D eigenvalue weighted by Gasteiger charge is 2.45. The molecule has 0 atom stereocenters. The maximum Gasteiger partial charge on any atom is 0.150 e. The normalized spacial score (nSPS) is 21.9. The Bertz CT molecular complexity index is 424. The van der Waals surface area contributed by atoms with Crippen LogP contribution in [0.15, 0.2) is 16.6 Å². The van der Waals surface area contributed by atoms with E-state index in [-0.39, 0.29) is 5.69 Å². The Kier molecular flexibility index (Phi) is 2.65. The zero-order valence-electron chi connectivity index (χ0n) is 9.48. The SMILES string of the molecule is Fc1cc(Br)cc(F)c1N1CC2(CCCC2)C1. The maximum atomic E-state index is 13.7. The highest BCUT2D eigenvalue weighted by atomic mass is 79.9. The van der Waals surface area contributed by atoms with Gasteiger partial charge in [0.15, 0.2) is 11.6 Å². The molecule has 0 unspecified atom stereocenters. The maximum absolute atomic E-state index is 13.7. The first-order valence-electron chi connectivity index (χ1n) is 5.99. The topological polar surface area (TPSA) is 3.24 Å². The van der Waals surface area contributed by atoms with Gasteiger partial charge in [0.1, 0.15) is 5.69 Å². The quantitative estimate of drug-likeness (QED) is 0.754. The smallest absolute Gasteiger partial charge is 0.150 e. The third-order valence-corrected chi connectivity index (χ3v) is 4.47. The molecule has 17 heavy (non-hydrogen) atoms. The van der Waals surface area contributed by atoms with Crippen molar-refractivity contribution in [2.45, 2.75) is 25.7 Å². The van der Waals surface area contributed by atoms with Gasteiger partial charge in [0.25, 0.3) is 0 Å². The minimum atomic E-state index is -0.468. The lowest BCUT2D eigenvalue weighted by atomic mass is 9.78. The summed E-state index contributed by atoms with van der Waals surface area (Å²) in [5.41, 5.74) is 0.497. The van der Waals surface area contributed by atoms with Crippen LogP contribution in [0.5, 0.6) is 0 Å². The summed E-state index contributed by atoms with van der Waals surface area (Å²) in [5.74, 6) is -0.936. The van der Waals surface area contributed by atoms with Crippen molar-refractivity contribution in [3.63, 3.8) is 0 Å². The van der Waals surface area contributed by atoms with Crippen molar-refractivity contribution in [3.05, 3.63) is 28.2 Å². The average molecular weight is 302 g/mol. The van der Waals surface area contributed by atoms with Crippen LogP contribution in [0, 0.1) is 17.0 Å². The van der Waals surface area contributed by atoms with E-state index in [0.717, 1.165) is 13.1 Å². The Balaban J connectivity index is 1.83. The molecule has 0 N–H and O–H groups in total. The van der Waals surface area contributed by atoms with Crippen molar-refractivity contribution in [2.75, 3.05) is 18.0 Å². The molecule has 1 heterocycles. The molecule has 0 radical (unpaired) electrons. The summed E-state index contributed by atoms with van der Waals surface area (Å²) in [4.78, 5) is 1.84. The van der Waals surface area contributed by atoms with Gasteiger partial charge in [0, 0.05) is 23.0 Å². The summed E-state index contributed by atoms with van der Waals surface area (Å²) in [7, 11) is 0. The Morgan fingerprint density at radius 1 is 1.06 bits per heavy atom. The molecule has 1 nitrogen and oxygen atoms in total. The number of benzene rings is 1. The van der Waals surface area contributed by atoms with Gasteiger partial charge in [-0.15, -0.1) is 0 Å². The highest BCUT2D eigenvalue weighted by molar-refractivity contribution is 9.10. The average Bonchev–Trinajstić information content (AvgIpc) is 2.63. The fraction of sp³-hybridized carbons (Fsp3) is 0.538. The van der Waals surface area contributed by atoms with Gasteiger partial charge in [-0.05, 0) is 25.0 Å². The second-order valence-corrected chi connectivity index (χ2v) is 6.20. The lowest BCUT2D eigenvalue weighted by Gasteiger charge is -2.49. The molecule has 2 aliphatic rings. The molecule has 0 amide bonds. The molecule has 1 aromatic carbocycles. The van der Waals surface area contributed by atoms with Crippen molar-refractivity contribution < 1.29 is 8.78 Å². The standard InChI is InChI=1S/C13H14BrF2N/c14-9-5-10(15)12(11(16)6-9)17-7-13(8-17)3-1-2-4-13/h5-6H,1-4,7-8H2. The minimum Gasteiger partial charge on any atom is -0.366 e. The fourth-order valence-corrected chi connectivity index (χ4v) is 3.60. The molecule has 4 heteroatoms. The van der Waals surface area contributed by atoms with Gasteiger partial charge >= 0.3 is 0 Å². The van der Waals surface area contributed by atoms with Crippen molar-refractivity contribution in [3.8, 4) is 0 Å². The number of hydrogen-bond donors (Lipinski definition) is 0. The number of anilines is 1. The minimum absolute atomic E-state index is 0.144. The Morgan fingerprint density at radius 3 is 2.12 bits per heavy atom. The van der Waals surface area contributed by atoms with E-state index in [1.54, 1.807) is 0 Å². The molecule has 1 aliphatic heterocycles. The van der Waals surface area contributed by atoms with E-state index in [0.29, 0.717) is 9.89 Å². The first-order valence-corrected chi connectivity index (χ1v) is 6.78. The van der Waals surface area contributed by atoms with Gasteiger partial charge in [0.2, 0.25) is 0 Å². The van der Waals surface area contributed by atoms with Crippen LogP contribution in [0.25, 0.3) is 0 Å². The highest BCUT2D eigenvalue weighted by Crippen LogP contribution is 2.47. The van der Waals surface area contributed by atoms with Gasteiger partial charge in [-0.3, -0.25) is 0 Å². The predicted octanol–water partition coefficient (Wildman–Crippen LogP) is 4.11. The van der Waals surface area contributed by atoms with E-state index < -0.39 is 11.6 Å². The third-order valence-electron chi connectivity index (χ3n) is 4.01. The monoisotopic (exact) mass is 301 g/mol. The summed E-state index contributed by atoms with van der Waals surface area (Å²) in [6.07, 6.45) is 4.95. The van der Waals surface area contributed by atoms with Crippen LogP contribution >= 0.6 is 15.9 Å². The molecular formula is C13H14BrF2N. The molecule has 1 spiro atoms. The first kappa shape index (κ1) is 11.5. The number of nitrogens with zero attached hydrogens (tertiary/aromatic N) is 1. The van der Waals surface area contributed by atoms with Crippen molar-refractivity contribution in [1.82, 2.24) is 0 Å². The summed E-state index contributed by atoms with van der Waals surface area (Å²) in [5, 5.41) is 0. The van der Waals surface area contributed by atoms with E-state index in [2.05, 4.69) is 15.9 Å². The Morgan fingerprint density at radius 2 is 1.59 bits per heavy atom. The third kappa shape index (κ3) is 1.86. The predicted molar refractivity (Wildman–Crippen MR) is 67.2 cm³/mol. The van der Waals surface area contributed by atoms with E-state index in [4.69, 9.17) is 0 Å². The Labute approximate surface area is 108 Å². The molecular weight excluding hydrogens is 288 g/mol. The second-order valence-electron chi connectivity index (χ2n) is 5.28. The van der Waals surface area contributed by atoms with Gasteiger partial charge in [-0.1, -0.05) is 28.8 Å². The Hall–Kier alpha value is -0.640. The number of halogens is 3. The van der Waals surface area contributed by atoms with Crippen LogP contribution in [0.4, 0.5) is 14.5 Å². The lowest BCUT2D eigenvalue weighted by Crippen LogP contribution is -2.55. The molecule has 0 bridgehead atoms. The van der Waals surface area contributed by atoms with Crippen LogP contribution in [0.1, 0.15) is 25.7 Å². The molecule has 3 rings (SSSR count). The van der Waals surface area contributed by atoms with Crippen LogP contribution in [0.3, 0.4) is 0 Å². The molecule has 1 aromatic rings. The molecule has 1 saturated heterocycles. The largest absolute Gasteiger partial charge is 0.366 e. The van der Waals surface area contributed by atoms with Gasteiger partial charge in [-0.25, -0.2) is 8.78 Å². The molecule has 0 aromatic heterocycles. The zero-order chi connectivity index (χ0) is 12.0. The molecule has 92 valence electrons. The van der Waals surface area contributed by atoms with Crippen LogP contribution < -0.4 is 4.90 Å². The summed E-state index contributed by atoms with van der Waals surface area (Å²) < 4.78 is 27.9. The molecule has 1 saturated carbocycles. The van der Waals surface area contributed by atoms with Crippen molar-refractivity contribution >= 4 is 21.6 Å². The molecule has 1 aliphatic carbocycles. The first-order chi connectivity index (χ1) is 8.10. The van der Waals surface area contributed by atoms with Crippen molar-refractivity contribution in [1.29, 1.82) is 0 Å². The van der Waals surface area contributed by atoms with Crippen LogP contribution in [-0.2, 0) is 0 Å². The zero-order valence-corrected chi connectivity index (χ0v) is 11.1. The van der Waals surface area contributed by atoms with E-state index in [1.165, 1.54) is 37.8 Å². The number of hydrogen-bond acceptors (Lipinski definition) is 1. The fourth-order valence-electron chi connectivity index (χ4n) is 3.20. The van der Waals surface area contributed by atoms with E-state index in [1.807, 2.05) is 4.90 Å². The van der Waals surface area contributed by atoms with E-state index in [9.17, 15) is 8.78 Å².